The van der Waals surface area contributed by atoms with Crippen LogP contribution in [0.4, 0.5) is 0 Å². The molecule has 0 aromatic carbocycles. The van der Waals surface area contributed by atoms with Crippen LogP contribution >= 0.6 is 0 Å². The van der Waals surface area contributed by atoms with Gasteiger partial charge in [0.1, 0.15) is 0 Å². The summed E-state index contributed by atoms with van der Waals surface area (Å²) in [5.74, 6) is 6.90. The second-order valence-corrected chi connectivity index (χ2v) is 3.35. The van der Waals surface area contributed by atoms with Gasteiger partial charge >= 0.3 is 0 Å². The van der Waals surface area contributed by atoms with Gasteiger partial charge in [-0.15, -0.1) is 5.10 Å². The second kappa shape index (κ2) is 2.98. The fourth-order valence-electron chi connectivity index (χ4n) is 1.40. The SMILES string of the molecule is CC1CN(/C(N)=N/N)CC1C. The number of hydrogen-bond donors (Lipinski definition) is 2. The largest absolute Gasteiger partial charge is 0.368 e. The number of hydrazone groups is 1. The lowest BCUT2D eigenvalue weighted by atomic mass is 10.0. The van der Waals surface area contributed by atoms with E-state index in [0.717, 1.165) is 13.1 Å². The van der Waals surface area contributed by atoms with E-state index in [1.165, 1.54) is 0 Å². The monoisotopic (exact) mass is 156 g/mol. The van der Waals surface area contributed by atoms with Gasteiger partial charge in [0.2, 0.25) is 5.96 Å². The normalized spacial score (nSPS) is 32.9. The molecule has 0 aromatic rings. The van der Waals surface area contributed by atoms with Crippen LogP contribution in [0.25, 0.3) is 0 Å². The summed E-state index contributed by atoms with van der Waals surface area (Å²) in [7, 11) is 0. The molecule has 1 fully saturated rings. The number of likely N-dealkylation sites (tertiary alicyclic amines) is 1. The maximum atomic E-state index is 5.55. The summed E-state index contributed by atoms with van der Waals surface area (Å²) in [6.45, 7) is 6.39. The maximum Gasteiger partial charge on any atom is 0.213 e. The van der Waals surface area contributed by atoms with Crippen molar-refractivity contribution in [2.75, 3.05) is 13.1 Å². The summed E-state index contributed by atoms with van der Waals surface area (Å²) in [5, 5.41) is 3.46. The minimum absolute atomic E-state index is 0.459. The van der Waals surface area contributed by atoms with Crippen molar-refractivity contribution in [3.8, 4) is 0 Å². The lowest BCUT2D eigenvalue weighted by molar-refractivity contribution is 0.486. The van der Waals surface area contributed by atoms with E-state index in [1.54, 1.807) is 0 Å². The fraction of sp³-hybridized carbons (Fsp3) is 0.857. The first-order valence-corrected chi connectivity index (χ1v) is 3.93. The molecule has 0 aliphatic carbocycles. The van der Waals surface area contributed by atoms with E-state index in [-0.39, 0.29) is 0 Å². The van der Waals surface area contributed by atoms with Gasteiger partial charge in [0.05, 0.1) is 0 Å². The van der Waals surface area contributed by atoms with Crippen molar-refractivity contribution in [1.29, 1.82) is 0 Å². The predicted molar refractivity (Wildman–Crippen MR) is 45.7 cm³/mol. The Kier molecular flexibility index (Phi) is 2.22. The molecule has 0 radical (unpaired) electrons. The Morgan fingerprint density at radius 3 is 2.18 bits per heavy atom. The topological polar surface area (TPSA) is 67.6 Å². The molecule has 0 bridgehead atoms. The van der Waals surface area contributed by atoms with Gasteiger partial charge in [0.25, 0.3) is 0 Å². The molecule has 2 unspecified atom stereocenters. The summed E-state index contributed by atoms with van der Waals surface area (Å²) < 4.78 is 0. The van der Waals surface area contributed by atoms with E-state index in [1.807, 2.05) is 4.90 Å². The van der Waals surface area contributed by atoms with E-state index in [9.17, 15) is 0 Å². The average Bonchev–Trinajstić information content (AvgIpc) is 2.31. The Bertz CT molecular complexity index is 156. The van der Waals surface area contributed by atoms with Crippen LogP contribution in [-0.4, -0.2) is 23.9 Å². The molecule has 1 rings (SSSR count). The number of hydrogen-bond acceptors (Lipinski definition) is 2. The van der Waals surface area contributed by atoms with Crippen LogP contribution in [0.2, 0.25) is 0 Å². The highest BCUT2D eigenvalue weighted by Gasteiger charge is 2.26. The number of nitrogens with zero attached hydrogens (tertiary/aromatic N) is 2. The molecule has 0 aromatic heterocycles. The summed E-state index contributed by atoms with van der Waals surface area (Å²) >= 11 is 0. The molecule has 11 heavy (non-hydrogen) atoms. The first-order valence-electron chi connectivity index (χ1n) is 3.93. The zero-order chi connectivity index (χ0) is 8.43. The molecule has 4 nitrogen and oxygen atoms in total. The second-order valence-electron chi connectivity index (χ2n) is 3.35. The average molecular weight is 156 g/mol. The molecule has 1 aliphatic rings. The van der Waals surface area contributed by atoms with Crippen LogP contribution in [0.3, 0.4) is 0 Å². The third kappa shape index (κ3) is 1.56. The highest BCUT2D eigenvalue weighted by Crippen LogP contribution is 2.21. The van der Waals surface area contributed by atoms with Gasteiger partial charge < -0.3 is 16.5 Å². The molecular weight excluding hydrogens is 140 g/mol. The number of guanidine groups is 1. The highest BCUT2D eigenvalue weighted by atomic mass is 15.3. The van der Waals surface area contributed by atoms with Crippen LogP contribution in [0, 0.1) is 11.8 Å². The Hall–Kier alpha value is -0.930. The van der Waals surface area contributed by atoms with Gasteiger partial charge in [-0.1, -0.05) is 13.8 Å². The van der Waals surface area contributed by atoms with Crippen LogP contribution in [0.5, 0.6) is 0 Å². The maximum absolute atomic E-state index is 5.55. The van der Waals surface area contributed by atoms with E-state index >= 15 is 0 Å². The molecular formula is C7H16N4. The van der Waals surface area contributed by atoms with Crippen LogP contribution in [0.15, 0.2) is 5.10 Å². The molecule has 1 heterocycles. The Morgan fingerprint density at radius 2 is 1.82 bits per heavy atom. The van der Waals surface area contributed by atoms with Gasteiger partial charge in [0.15, 0.2) is 0 Å². The Labute approximate surface area is 67.2 Å². The zero-order valence-corrected chi connectivity index (χ0v) is 7.12. The lowest BCUT2D eigenvalue weighted by Gasteiger charge is -2.15. The highest BCUT2D eigenvalue weighted by molar-refractivity contribution is 5.78. The van der Waals surface area contributed by atoms with E-state index in [0.29, 0.717) is 17.8 Å². The molecule has 4 heteroatoms. The minimum Gasteiger partial charge on any atom is -0.368 e. The standard InChI is InChI=1S/C7H16N4/c1-5-3-11(4-6(5)2)7(8)10-9/h5-6H,3-4,9H2,1-2H3,(H2,8,10). The molecule has 1 aliphatic heterocycles. The van der Waals surface area contributed by atoms with Gasteiger partial charge in [-0.25, -0.2) is 0 Å². The summed E-state index contributed by atoms with van der Waals surface area (Å²) in [5.41, 5.74) is 5.55. The summed E-state index contributed by atoms with van der Waals surface area (Å²) in [6, 6.07) is 0. The Morgan fingerprint density at radius 1 is 1.36 bits per heavy atom. The third-order valence-corrected chi connectivity index (χ3v) is 2.44. The molecule has 0 saturated carbocycles. The van der Waals surface area contributed by atoms with E-state index in [2.05, 4.69) is 18.9 Å². The van der Waals surface area contributed by atoms with Crippen molar-refractivity contribution in [2.24, 2.45) is 28.5 Å². The first-order chi connectivity index (χ1) is 5.15. The van der Waals surface area contributed by atoms with Crippen molar-refractivity contribution in [2.45, 2.75) is 13.8 Å². The molecule has 64 valence electrons. The lowest BCUT2D eigenvalue weighted by Crippen LogP contribution is -2.36. The summed E-state index contributed by atoms with van der Waals surface area (Å²) in [4.78, 5) is 2.02. The smallest absolute Gasteiger partial charge is 0.213 e. The Balaban J connectivity index is 2.53. The first kappa shape index (κ1) is 8.17. The molecule has 1 saturated heterocycles. The third-order valence-electron chi connectivity index (χ3n) is 2.44. The number of nitrogens with two attached hydrogens (primary N) is 2. The van der Waals surface area contributed by atoms with Crippen LogP contribution in [0.1, 0.15) is 13.8 Å². The van der Waals surface area contributed by atoms with Crippen molar-refractivity contribution >= 4 is 5.96 Å². The summed E-state index contributed by atoms with van der Waals surface area (Å²) in [6.07, 6.45) is 0. The molecule has 4 N–H and O–H groups in total. The van der Waals surface area contributed by atoms with Crippen molar-refractivity contribution in [1.82, 2.24) is 4.90 Å². The van der Waals surface area contributed by atoms with Gasteiger partial charge in [-0.3, -0.25) is 0 Å². The quantitative estimate of drug-likeness (QED) is 0.220. The zero-order valence-electron chi connectivity index (χ0n) is 7.12. The fourth-order valence-corrected chi connectivity index (χ4v) is 1.40. The van der Waals surface area contributed by atoms with Gasteiger partial charge in [0, 0.05) is 13.1 Å². The van der Waals surface area contributed by atoms with Crippen molar-refractivity contribution < 1.29 is 0 Å². The van der Waals surface area contributed by atoms with Gasteiger partial charge in [-0.2, -0.15) is 0 Å². The van der Waals surface area contributed by atoms with E-state index in [4.69, 9.17) is 11.6 Å². The van der Waals surface area contributed by atoms with Gasteiger partial charge in [-0.05, 0) is 11.8 Å². The van der Waals surface area contributed by atoms with Crippen LogP contribution < -0.4 is 11.6 Å². The van der Waals surface area contributed by atoms with Crippen LogP contribution in [-0.2, 0) is 0 Å². The predicted octanol–water partition coefficient (Wildman–Crippen LogP) is -0.237. The molecule has 0 amide bonds. The molecule has 0 spiro atoms. The minimum atomic E-state index is 0.459. The van der Waals surface area contributed by atoms with Crippen molar-refractivity contribution in [3.05, 3.63) is 0 Å². The van der Waals surface area contributed by atoms with Crippen molar-refractivity contribution in [3.63, 3.8) is 0 Å². The van der Waals surface area contributed by atoms with E-state index < -0.39 is 0 Å². The number of rotatable bonds is 0. The molecule has 2 atom stereocenters.